The number of amides is 1. The van der Waals surface area contributed by atoms with Gasteiger partial charge in [-0.2, -0.15) is 0 Å². The molecule has 3 N–H and O–H groups in total. The minimum atomic E-state index is -0.485. The van der Waals surface area contributed by atoms with Crippen molar-refractivity contribution in [3.63, 3.8) is 0 Å². The first kappa shape index (κ1) is 11.5. The average Bonchev–Trinajstić information content (AvgIpc) is 2.63. The summed E-state index contributed by atoms with van der Waals surface area (Å²) in [6, 6.07) is 3.89. The number of nitrogens with one attached hydrogen (secondary N) is 1. The number of benzene rings is 1. The molecule has 0 bridgehead atoms. The van der Waals surface area contributed by atoms with Gasteiger partial charge in [0.2, 0.25) is 0 Å². The van der Waals surface area contributed by atoms with Gasteiger partial charge in [0, 0.05) is 11.4 Å². The number of hydrogen-bond donors (Lipinski definition) is 2. The first-order valence-corrected chi connectivity index (χ1v) is 5.66. The molecular weight excluding hydrogens is 241 g/mol. The van der Waals surface area contributed by atoms with Crippen molar-refractivity contribution in [3.05, 3.63) is 40.1 Å². The number of nitrogens with zero attached hydrogens (tertiary/aromatic N) is 1. The van der Waals surface area contributed by atoms with Crippen LogP contribution in [0.3, 0.4) is 0 Å². The van der Waals surface area contributed by atoms with Crippen molar-refractivity contribution in [1.29, 1.82) is 0 Å². The van der Waals surface area contributed by atoms with E-state index in [4.69, 9.17) is 5.73 Å². The zero-order valence-electron chi connectivity index (χ0n) is 9.03. The maximum Gasteiger partial charge on any atom is 0.267 e. The van der Waals surface area contributed by atoms with Crippen LogP contribution in [0.1, 0.15) is 14.7 Å². The molecule has 4 nitrogen and oxygen atoms in total. The van der Waals surface area contributed by atoms with Gasteiger partial charge in [0.15, 0.2) is 0 Å². The van der Waals surface area contributed by atoms with Crippen LogP contribution in [-0.2, 0) is 0 Å². The number of nitrogens with two attached hydrogens (primary N) is 1. The fourth-order valence-corrected chi connectivity index (χ4v) is 2.02. The molecule has 2 aromatic rings. The second-order valence-corrected chi connectivity index (χ2v) is 4.71. The summed E-state index contributed by atoms with van der Waals surface area (Å²) >= 11 is 1.28. The van der Waals surface area contributed by atoms with Gasteiger partial charge in [-0.05, 0) is 25.1 Å². The Morgan fingerprint density at radius 2 is 2.24 bits per heavy atom. The van der Waals surface area contributed by atoms with E-state index in [1.165, 1.54) is 35.7 Å². The third-order valence-electron chi connectivity index (χ3n) is 2.02. The van der Waals surface area contributed by atoms with Crippen LogP contribution in [0.5, 0.6) is 0 Å². The van der Waals surface area contributed by atoms with Crippen molar-refractivity contribution in [2.75, 3.05) is 11.1 Å². The van der Waals surface area contributed by atoms with Crippen LogP contribution in [0.25, 0.3) is 0 Å². The van der Waals surface area contributed by atoms with Gasteiger partial charge >= 0.3 is 0 Å². The molecule has 0 saturated heterocycles. The lowest BCUT2D eigenvalue weighted by Gasteiger charge is -2.04. The van der Waals surface area contributed by atoms with Gasteiger partial charge in [-0.1, -0.05) is 0 Å². The maximum absolute atomic E-state index is 13.0. The minimum absolute atomic E-state index is 0.265. The summed E-state index contributed by atoms with van der Waals surface area (Å²) in [6.45, 7) is 1.81. The molecule has 0 spiro atoms. The number of halogens is 1. The Labute approximate surface area is 101 Å². The van der Waals surface area contributed by atoms with Gasteiger partial charge in [-0.15, -0.1) is 11.3 Å². The molecule has 2 rings (SSSR count). The number of anilines is 2. The van der Waals surface area contributed by atoms with Crippen LogP contribution in [0.2, 0.25) is 0 Å². The molecule has 0 saturated carbocycles. The largest absolute Gasteiger partial charge is 0.399 e. The molecule has 1 heterocycles. The van der Waals surface area contributed by atoms with Crippen molar-refractivity contribution in [2.45, 2.75) is 6.92 Å². The Morgan fingerprint density at radius 3 is 2.82 bits per heavy atom. The Hall–Kier alpha value is -1.95. The lowest BCUT2D eigenvalue weighted by Crippen LogP contribution is -2.10. The van der Waals surface area contributed by atoms with E-state index in [2.05, 4.69) is 10.3 Å². The lowest BCUT2D eigenvalue weighted by molar-refractivity contribution is 0.103. The number of rotatable bonds is 2. The minimum Gasteiger partial charge on any atom is -0.399 e. The molecule has 0 unspecified atom stereocenters. The fraction of sp³-hybridized carbons (Fsp3) is 0.0909. The molecule has 0 aliphatic heterocycles. The summed E-state index contributed by atoms with van der Waals surface area (Å²) in [6.07, 6.45) is 1.48. The summed E-state index contributed by atoms with van der Waals surface area (Å²) in [4.78, 5) is 16.2. The zero-order valence-corrected chi connectivity index (χ0v) is 9.84. The van der Waals surface area contributed by atoms with Gasteiger partial charge < -0.3 is 11.1 Å². The summed E-state index contributed by atoms with van der Waals surface area (Å²) in [5.74, 6) is -0.804. The summed E-state index contributed by atoms with van der Waals surface area (Å²) in [5.41, 5.74) is 6.07. The van der Waals surface area contributed by atoms with E-state index < -0.39 is 5.82 Å². The van der Waals surface area contributed by atoms with Crippen molar-refractivity contribution < 1.29 is 9.18 Å². The Bertz CT molecular complexity index is 547. The molecule has 0 atom stereocenters. The molecule has 0 aliphatic rings. The number of aryl methyl sites for hydroxylation is 1. The van der Waals surface area contributed by atoms with Crippen molar-refractivity contribution in [3.8, 4) is 0 Å². The van der Waals surface area contributed by atoms with E-state index in [0.717, 1.165) is 5.01 Å². The summed E-state index contributed by atoms with van der Waals surface area (Å²) in [5, 5.41) is 3.36. The van der Waals surface area contributed by atoms with E-state index >= 15 is 0 Å². The van der Waals surface area contributed by atoms with Crippen molar-refractivity contribution in [1.82, 2.24) is 4.98 Å². The predicted octanol–water partition coefficient (Wildman–Crippen LogP) is 2.43. The second kappa shape index (κ2) is 4.50. The molecule has 1 aromatic heterocycles. The number of hydrogen-bond acceptors (Lipinski definition) is 4. The van der Waals surface area contributed by atoms with Gasteiger partial charge in [-0.25, -0.2) is 9.37 Å². The van der Waals surface area contributed by atoms with Crippen LogP contribution >= 0.6 is 11.3 Å². The molecule has 6 heteroatoms. The normalized spacial score (nSPS) is 10.2. The molecule has 0 aliphatic carbocycles. The van der Waals surface area contributed by atoms with E-state index in [1.54, 1.807) is 0 Å². The zero-order chi connectivity index (χ0) is 12.4. The standard InChI is InChI=1S/C11H10FN3OS/c1-6-14-5-10(17-6)11(16)15-9-3-7(12)2-8(13)4-9/h2-5H,13H2,1H3,(H,15,16). The molecule has 1 aromatic carbocycles. The number of carbonyl (C=O) groups is 1. The summed E-state index contributed by atoms with van der Waals surface area (Å²) < 4.78 is 13.0. The molecule has 1 amide bonds. The van der Waals surface area contributed by atoms with Gasteiger partial charge in [0.05, 0.1) is 11.2 Å². The predicted molar refractivity (Wildman–Crippen MR) is 65.6 cm³/mol. The third kappa shape index (κ3) is 2.79. The van der Waals surface area contributed by atoms with Crippen LogP contribution in [0, 0.1) is 12.7 Å². The Morgan fingerprint density at radius 1 is 1.47 bits per heavy atom. The van der Waals surface area contributed by atoms with E-state index in [1.807, 2.05) is 6.92 Å². The van der Waals surface area contributed by atoms with Crippen molar-refractivity contribution >= 4 is 28.6 Å². The summed E-state index contributed by atoms with van der Waals surface area (Å²) in [7, 11) is 0. The van der Waals surface area contributed by atoms with Gasteiger partial charge in [0.25, 0.3) is 5.91 Å². The SMILES string of the molecule is Cc1ncc(C(=O)Nc2cc(N)cc(F)c2)s1. The van der Waals surface area contributed by atoms with Gasteiger partial charge in [-0.3, -0.25) is 4.79 Å². The molecule has 88 valence electrons. The van der Waals surface area contributed by atoms with Gasteiger partial charge in [0.1, 0.15) is 10.7 Å². The van der Waals surface area contributed by atoms with Crippen LogP contribution in [-0.4, -0.2) is 10.9 Å². The number of nitrogen functional groups attached to an aromatic ring is 1. The topological polar surface area (TPSA) is 68.0 Å². The number of carbonyl (C=O) groups excluding carboxylic acids is 1. The first-order chi connectivity index (χ1) is 8.04. The quantitative estimate of drug-likeness (QED) is 0.805. The number of thiazole rings is 1. The van der Waals surface area contributed by atoms with Crippen LogP contribution in [0.15, 0.2) is 24.4 Å². The third-order valence-corrected chi connectivity index (χ3v) is 2.93. The van der Waals surface area contributed by atoms with Crippen molar-refractivity contribution in [2.24, 2.45) is 0 Å². The highest BCUT2D eigenvalue weighted by Gasteiger charge is 2.10. The fourth-order valence-electron chi connectivity index (χ4n) is 1.34. The Kier molecular flexibility index (Phi) is 3.06. The maximum atomic E-state index is 13.0. The molecule has 0 fully saturated rings. The number of aromatic nitrogens is 1. The molecule has 0 radical (unpaired) electrons. The van der Waals surface area contributed by atoms with Crippen LogP contribution in [0.4, 0.5) is 15.8 Å². The highest BCUT2D eigenvalue weighted by atomic mass is 32.1. The molecular formula is C11H10FN3OS. The Balaban J connectivity index is 2.18. The van der Waals surface area contributed by atoms with E-state index in [-0.39, 0.29) is 11.6 Å². The smallest absolute Gasteiger partial charge is 0.267 e. The highest BCUT2D eigenvalue weighted by molar-refractivity contribution is 7.13. The van der Waals surface area contributed by atoms with Crippen LogP contribution < -0.4 is 11.1 Å². The monoisotopic (exact) mass is 251 g/mol. The van der Waals surface area contributed by atoms with E-state index in [9.17, 15) is 9.18 Å². The molecule has 17 heavy (non-hydrogen) atoms. The lowest BCUT2D eigenvalue weighted by atomic mass is 10.2. The van der Waals surface area contributed by atoms with E-state index in [0.29, 0.717) is 10.6 Å². The highest BCUT2D eigenvalue weighted by Crippen LogP contribution is 2.18. The first-order valence-electron chi connectivity index (χ1n) is 4.84. The second-order valence-electron chi connectivity index (χ2n) is 3.47. The average molecular weight is 251 g/mol.